The third-order valence-electron chi connectivity index (χ3n) is 5.77. The molecule has 0 saturated heterocycles. The van der Waals surface area contributed by atoms with Crippen molar-refractivity contribution in [1.82, 2.24) is 5.32 Å². The summed E-state index contributed by atoms with van der Waals surface area (Å²) in [7, 11) is 1.56. The summed E-state index contributed by atoms with van der Waals surface area (Å²) in [4.78, 5) is 0. The number of aliphatic hydroxyl groups excluding tert-OH is 2. The number of benzene rings is 2. The number of rotatable bonds is 11. The van der Waals surface area contributed by atoms with Gasteiger partial charge in [0.15, 0.2) is 0 Å². The number of ether oxygens (including phenoxy) is 2. The zero-order valence-corrected chi connectivity index (χ0v) is 17.8. The fraction of sp³-hybridized carbons (Fsp3) is 0.500. The second-order valence-corrected chi connectivity index (χ2v) is 8.07. The molecule has 0 radical (unpaired) electrons. The predicted octanol–water partition coefficient (Wildman–Crippen LogP) is 3.25. The molecule has 2 unspecified atom stereocenters. The molecule has 1 aliphatic heterocycles. The molecule has 3 atom stereocenters. The molecule has 0 spiro atoms. The van der Waals surface area contributed by atoms with Crippen LogP contribution in [0.5, 0.6) is 11.5 Å². The molecule has 2 aromatic rings. The van der Waals surface area contributed by atoms with Gasteiger partial charge in [-0.3, -0.25) is 0 Å². The van der Waals surface area contributed by atoms with Crippen molar-refractivity contribution in [3.8, 4) is 11.5 Å². The Labute approximate surface area is 182 Å². The number of hydrogen-bond acceptors (Lipinski definition) is 5. The summed E-state index contributed by atoms with van der Waals surface area (Å²) in [6.45, 7) is 0.931. The van der Waals surface area contributed by atoms with Crippen LogP contribution < -0.4 is 14.8 Å². The number of halogens is 2. The van der Waals surface area contributed by atoms with Crippen molar-refractivity contribution in [3.05, 3.63) is 59.2 Å². The average Bonchev–Trinajstić information content (AvgIpc) is 2.77. The summed E-state index contributed by atoms with van der Waals surface area (Å²) in [5, 5.41) is 23.4. The van der Waals surface area contributed by atoms with Crippen molar-refractivity contribution < 1.29 is 28.5 Å². The largest absolute Gasteiger partial charge is 0.496 e. The monoisotopic (exact) mass is 435 g/mol. The maximum absolute atomic E-state index is 13.5. The van der Waals surface area contributed by atoms with E-state index in [-0.39, 0.29) is 30.3 Å². The normalized spacial score (nSPS) is 17.5. The fourth-order valence-electron chi connectivity index (χ4n) is 4.00. The van der Waals surface area contributed by atoms with Gasteiger partial charge in [-0.2, -0.15) is 0 Å². The molecule has 0 aromatic heterocycles. The van der Waals surface area contributed by atoms with Crippen molar-refractivity contribution in [3.63, 3.8) is 0 Å². The molecule has 1 heterocycles. The van der Waals surface area contributed by atoms with Crippen LogP contribution in [0.1, 0.15) is 30.4 Å². The molecule has 1 aliphatic rings. The summed E-state index contributed by atoms with van der Waals surface area (Å²) >= 11 is 0. The van der Waals surface area contributed by atoms with Gasteiger partial charge in [0.2, 0.25) is 0 Å². The molecular formula is C24H31F2NO4. The number of methoxy groups -OCH3 is 1. The zero-order chi connectivity index (χ0) is 22.2. The van der Waals surface area contributed by atoms with Crippen LogP contribution in [0.2, 0.25) is 0 Å². The van der Waals surface area contributed by atoms with Crippen molar-refractivity contribution in [2.75, 3.05) is 26.8 Å². The van der Waals surface area contributed by atoms with Gasteiger partial charge in [-0.1, -0.05) is 0 Å². The van der Waals surface area contributed by atoms with Crippen molar-refractivity contribution in [1.29, 1.82) is 0 Å². The van der Waals surface area contributed by atoms with E-state index < -0.39 is 6.10 Å². The smallest absolute Gasteiger partial charge is 0.126 e. The molecule has 0 saturated carbocycles. The molecular weight excluding hydrogens is 404 g/mol. The summed E-state index contributed by atoms with van der Waals surface area (Å²) < 4.78 is 37.9. The minimum atomic E-state index is -0.700. The second-order valence-electron chi connectivity index (χ2n) is 8.07. The highest BCUT2D eigenvalue weighted by Crippen LogP contribution is 2.29. The van der Waals surface area contributed by atoms with Crippen LogP contribution in [0.25, 0.3) is 0 Å². The SMILES string of the molecule is COc1ccc(F)cc1CCCC(CO)CNCC(O)[C@@H]1CCc2cc(F)ccc2O1. The van der Waals surface area contributed by atoms with Gasteiger partial charge >= 0.3 is 0 Å². The number of fused-ring (bicyclic) bond motifs is 1. The van der Waals surface area contributed by atoms with Gasteiger partial charge in [0.1, 0.15) is 35.3 Å². The van der Waals surface area contributed by atoms with Gasteiger partial charge in [0, 0.05) is 19.7 Å². The van der Waals surface area contributed by atoms with Gasteiger partial charge in [0.05, 0.1) is 7.11 Å². The maximum Gasteiger partial charge on any atom is 0.126 e. The first-order valence-corrected chi connectivity index (χ1v) is 10.8. The van der Waals surface area contributed by atoms with Crippen LogP contribution in [0.3, 0.4) is 0 Å². The average molecular weight is 436 g/mol. The highest BCUT2D eigenvalue weighted by atomic mass is 19.1. The first-order valence-electron chi connectivity index (χ1n) is 10.8. The predicted molar refractivity (Wildman–Crippen MR) is 114 cm³/mol. The van der Waals surface area contributed by atoms with Crippen LogP contribution in [0, 0.1) is 17.6 Å². The lowest BCUT2D eigenvalue weighted by Crippen LogP contribution is -2.42. The standard InChI is InChI=1S/C24H31F2NO4/c1-30-22-9-6-19(25)11-17(22)4-2-3-16(15-28)13-27-14-21(29)24-8-5-18-12-20(26)7-10-23(18)31-24/h6-7,9-12,16,21,24,27-29H,2-5,8,13-15H2,1H3/t16?,21?,24-/m0/s1. The van der Waals surface area contributed by atoms with E-state index >= 15 is 0 Å². The quantitative estimate of drug-likeness (QED) is 0.506. The third-order valence-corrected chi connectivity index (χ3v) is 5.77. The maximum atomic E-state index is 13.5. The molecule has 170 valence electrons. The number of aryl methyl sites for hydroxylation is 2. The summed E-state index contributed by atoms with van der Waals surface area (Å²) in [5.74, 6) is 0.747. The lowest BCUT2D eigenvalue weighted by atomic mass is 9.98. The van der Waals surface area contributed by atoms with E-state index in [1.807, 2.05) is 0 Å². The van der Waals surface area contributed by atoms with Gasteiger partial charge in [-0.15, -0.1) is 0 Å². The highest BCUT2D eigenvalue weighted by molar-refractivity contribution is 5.36. The van der Waals surface area contributed by atoms with E-state index in [4.69, 9.17) is 9.47 Å². The van der Waals surface area contributed by atoms with Crippen LogP contribution in [0.4, 0.5) is 8.78 Å². The Balaban J connectivity index is 1.40. The molecule has 2 aromatic carbocycles. The van der Waals surface area contributed by atoms with Crippen molar-refractivity contribution in [2.24, 2.45) is 5.92 Å². The Morgan fingerprint density at radius 1 is 1.16 bits per heavy atom. The first-order chi connectivity index (χ1) is 15.0. The Kier molecular flexibility index (Phi) is 8.63. The van der Waals surface area contributed by atoms with E-state index in [9.17, 15) is 19.0 Å². The lowest BCUT2D eigenvalue weighted by Gasteiger charge is -2.30. The molecule has 0 aliphatic carbocycles. The minimum absolute atomic E-state index is 0.0300. The molecule has 0 bridgehead atoms. The molecule has 7 heteroatoms. The molecule has 31 heavy (non-hydrogen) atoms. The molecule has 0 fully saturated rings. The molecule has 3 N–H and O–H groups in total. The van der Waals surface area contributed by atoms with Crippen LogP contribution in [0.15, 0.2) is 36.4 Å². The van der Waals surface area contributed by atoms with E-state index in [2.05, 4.69) is 5.32 Å². The van der Waals surface area contributed by atoms with E-state index in [1.165, 1.54) is 24.3 Å². The van der Waals surface area contributed by atoms with E-state index in [0.29, 0.717) is 43.9 Å². The first kappa shape index (κ1) is 23.4. The summed E-state index contributed by atoms with van der Waals surface area (Å²) in [6.07, 6.45) is 2.45. The Morgan fingerprint density at radius 2 is 1.94 bits per heavy atom. The van der Waals surface area contributed by atoms with Gasteiger partial charge in [-0.25, -0.2) is 8.78 Å². The van der Waals surface area contributed by atoms with Gasteiger partial charge in [-0.05, 0) is 85.5 Å². The fourth-order valence-corrected chi connectivity index (χ4v) is 4.00. The third kappa shape index (κ3) is 6.63. The van der Waals surface area contributed by atoms with E-state index in [0.717, 1.165) is 24.0 Å². The Bertz CT molecular complexity index is 848. The summed E-state index contributed by atoms with van der Waals surface area (Å²) in [6, 6.07) is 8.92. The minimum Gasteiger partial charge on any atom is -0.496 e. The summed E-state index contributed by atoms with van der Waals surface area (Å²) in [5.41, 5.74) is 1.64. The zero-order valence-electron chi connectivity index (χ0n) is 17.8. The van der Waals surface area contributed by atoms with E-state index in [1.54, 1.807) is 19.2 Å². The molecule has 0 amide bonds. The van der Waals surface area contributed by atoms with Gasteiger partial charge < -0.3 is 25.0 Å². The molecule has 3 rings (SSSR count). The topological polar surface area (TPSA) is 71.0 Å². The number of nitrogens with one attached hydrogen (secondary N) is 1. The molecule has 5 nitrogen and oxygen atoms in total. The van der Waals surface area contributed by atoms with Gasteiger partial charge in [0.25, 0.3) is 0 Å². The Hall–Kier alpha value is -2.22. The van der Waals surface area contributed by atoms with Crippen LogP contribution >= 0.6 is 0 Å². The van der Waals surface area contributed by atoms with Crippen LogP contribution in [-0.4, -0.2) is 49.2 Å². The highest BCUT2D eigenvalue weighted by Gasteiger charge is 2.26. The Morgan fingerprint density at radius 3 is 2.71 bits per heavy atom. The van der Waals surface area contributed by atoms with Crippen LogP contribution in [-0.2, 0) is 12.8 Å². The second kappa shape index (κ2) is 11.4. The number of aliphatic hydroxyl groups is 2. The lowest BCUT2D eigenvalue weighted by molar-refractivity contribution is 0.0235. The van der Waals surface area contributed by atoms with Crippen molar-refractivity contribution >= 4 is 0 Å². The van der Waals surface area contributed by atoms with Crippen molar-refractivity contribution in [2.45, 2.75) is 44.3 Å². The number of hydrogen-bond donors (Lipinski definition) is 3.